The fraction of sp³-hybridized carbons (Fsp3) is 0.300. The summed E-state index contributed by atoms with van der Waals surface area (Å²) in [7, 11) is 0. The number of carbonyl (C=O) groups excluding carboxylic acids is 4. The van der Waals surface area contributed by atoms with Gasteiger partial charge in [0.1, 0.15) is 47.3 Å². The molecule has 7 N–H and O–H groups in total. The number of amides is 4. The molecule has 19 nitrogen and oxygen atoms in total. The molecule has 0 aliphatic rings. The molecule has 2 aromatic carbocycles. The number of rotatable bonds is 18. The van der Waals surface area contributed by atoms with Gasteiger partial charge in [0.2, 0.25) is 17.8 Å². The van der Waals surface area contributed by atoms with E-state index in [1.54, 1.807) is 48.1 Å². The van der Waals surface area contributed by atoms with Crippen LogP contribution in [0, 0.1) is 20.8 Å². The first kappa shape index (κ1) is 41.7. The summed E-state index contributed by atoms with van der Waals surface area (Å²) in [4.78, 5) is 61.6. The molecular weight excluding hydrogens is 799 g/mol. The van der Waals surface area contributed by atoms with Crippen molar-refractivity contribution in [2.75, 3.05) is 37.2 Å². The van der Waals surface area contributed by atoms with E-state index in [-0.39, 0.29) is 97.1 Å². The predicted molar refractivity (Wildman–Crippen MR) is 219 cm³/mol. The van der Waals surface area contributed by atoms with Gasteiger partial charge in [-0.05, 0) is 57.2 Å². The number of carbonyl (C=O) groups is 4. The van der Waals surface area contributed by atoms with Crippen LogP contribution in [0.3, 0.4) is 0 Å². The van der Waals surface area contributed by atoms with E-state index in [2.05, 4.69) is 30.8 Å². The van der Waals surface area contributed by atoms with Gasteiger partial charge in [-0.1, -0.05) is 12.2 Å². The van der Waals surface area contributed by atoms with E-state index >= 15 is 0 Å². The summed E-state index contributed by atoms with van der Waals surface area (Å²) in [6, 6.07) is 9.14. The minimum absolute atomic E-state index is 0.0414. The summed E-state index contributed by atoms with van der Waals surface area (Å²) in [5, 5.41) is 24.0. The Morgan fingerprint density at radius 2 is 1.34 bits per heavy atom. The lowest BCUT2D eigenvalue weighted by Gasteiger charge is -2.13. The second-order valence-corrected chi connectivity index (χ2v) is 14.0. The number of aromatic nitrogens is 8. The maximum atomic E-state index is 13.7. The number of alkyl halides is 2. The molecule has 5 aromatic heterocycles. The molecule has 318 valence electrons. The number of benzene rings is 2. The van der Waals surface area contributed by atoms with Gasteiger partial charge in [0.05, 0.1) is 53.2 Å². The van der Waals surface area contributed by atoms with Gasteiger partial charge >= 0.3 is 0 Å². The highest BCUT2D eigenvalue weighted by molar-refractivity contribution is 6.14. The van der Waals surface area contributed by atoms with Crippen LogP contribution in [0.2, 0.25) is 0 Å². The van der Waals surface area contributed by atoms with E-state index in [1.165, 1.54) is 39.7 Å². The lowest BCUT2D eigenvalue weighted by atomic mass is 10.1. The molecule has 0 radical (unpaired) electrons. The lowest BCUT2D eigenvalue weighted by molar-refractivity contribution is 0.0992. The maximum Gasteiger partial charge on any atom is 0.276 e. The Kier molecular flexibility index (Phi) is 11.9. The highest BCUT2D eigenvalue weighted by atomic mass is 19.1. The SMILES string of the molecule is Cc1cc(C(=O)Nc2nc3cc(C(N)=O)cc(OCCCO)c3n2C/C=C/Cn2c(NC(=O)c3cc(C)nn3CCF)nc3cc(C(N)=O)c4oc(C)cc4c32)n(CCF)n1. The number of aliphatic hydroxyl groups excluding tert-OH is 1. The monoisotopic (exact) mass is 840 g/mol. The van der Waals surface area contributed by atoms with E-state index < -0.39 is 37.0 Å². The zero-order valence-corrected chi connectivity index (χ0v) is 33.4. The molecule has 0 atom stereocenters. The molecule has 0 spiro atoms. The van der Waals surface area contributed by atoms with Gasteiger partial charge in [0.15, 0.2) is 0 Å². The molecule has 61 heavy (non-hydrogen) atoms. The fourth-order valence-electron chi connectivity index (χ4n) is 7.06. The number of imidazole rings is 2. The molecule has 0 aliphatic heterocycles. The molecule has 0 saturated carbocycles. The van der Waals surface area contributed by atoms with Gasteiger partial charge in [0, 0.05) is 37.1 Å². The van der Waals surface area contributed by atoms with Crippen molar-refractivity contribution < 1.29 is 42.2 Å². The highest BCUT2D eigenvalue weighted by Crippen LogP contribution is 2.34. The van der Waals surface area contributed by atoms with Crippen molar-refractivity contribution in [2.45, 2.75) is 53.4 Å². The quantitative estimate of drug-likeness (QED) is 0.0607. The summed E-state index contributed by atoms with van der Waals surface area (Å²) in [5.74, 6) is -1.91. The van der Waals surface area contributed by atoms with Gasteiger partial charge in [-0.2, -0.15) is 10.2 Å². The molecule has 0 aliphatic carbocycles. The van der Waals surface area contributed by atoms with Crippen molar-refractivity contribution in [1.29, 1.82) is 0 Å². The molecule has 0 fully saturated rings. The number of halogens is 2. The van der Waals surface area contributed by atoms with Gasteiger partial charge in [0.25, 0.3) is 17.7 Å². The third-order valence-corrected chi connectivity index (χ3v) is 9.60. The number of hydrogen-bond donors (Lipinski definition) is 5. The Balaban J connectivity index is 1.31. The number of primary amides is 2. The zero-order chi connectivity index (χ0) is 43.5. The largest absolute Gasteiger partial charge is 0.491 e. The van der Waals surface area contributed by atoms with E-state index in [9.17, 15) is 33.1 Å². The lowest BCUT2D eigenvalue weighted by Crippen LogP contribution is -2.21. The Morgan fingerprint density at radius 1 is 0.787 bits per heavy atom. The second kappa shape index (κ2) is 17.4. The van der Waals surface area contributed by atoms with Gasteiger partial charge in [-0.25, -0.2) is 18.7 Å². The van der Waals surface area contributed by atoms with Crippen molar-refractivity contribution in [2.24, 2.45) is 11.5 Å². The third-order valence-electron chi connectivity index (χ3n) is 9.60. The number of allylic oxidation sites excluding steroid dienone is 2. The second-order valence-electron chi connectivity index (χ2n) is 14.0. The standard InChI is InChI=1S/C40H42F2N12O7/c1-21-15-29(53(49-21)11-7-41)37(58)47-39-46-28-20-26(36(44)57)34-25(17-23(3)61-34)32(28)51(39)9-4-5-10-52-33-27(18-24(35(43)56)19-31(33)60-14-6-13-55)45-40(52)48-38(59)30-16-22(2)50-54(30)12-8-42/h4-5,15-20,55H,6-14H2,1-3H3,(H2,43,56)(H2,44,57)(H,45,48,59)(H,46,47,58)/b5-4+. The van der Waals surface area contributed by atoms with Crippen molar-refractivity contribution in [1.82, 2.24) is 38.7 Å². The van der Waals surface area contributed by atoms with Crippen LogP contribution in [0.25, 0.3) is 33.0 Å². The van der Waals surface area contributed by atoms with Crippen LogP contribution >= 0.6 is 0 Å². The number of nitrogens with zero attached hydrogens (tertiary/aromatic N) is 8. The number of nitrogens with one attached hydrogen (secondary N) is 2. The van der Waals surface area contributed by atoms with E-state index in [0.717, 1.165) is 0 Å². The Bertz CT molecular complexity index is 2870. The maximum absolute atomic E-state index is 13.7. The molecule has 0 bridgehead atoms. The highest BCUT2D eigenvalue weighted by Gasteiger charge is 2.25. The van der Waals surface area contributed by atoms with Crippen LogP contribution in [0.5, 0.6) is 5.75 Å². The van der Waals surface area contributed by atoms with Crippen LogP contribution in [0.4, 0.5) is 20.7 Å². The predicted octanol–water partition coefficient (Wildman–Crippen LogP) is 4.11. The Labute approximate surface area is 344 Å². The number of aliphatic hydroxyl groups is 1. The first-order valence-corrected chi connectivity index (χ1v) is 19.1. The zero-order valence-electron chi connectivity index (χ0n) is 33.4. The smallest absolute Gasteiger partial charge is 0.276 e. The minimum atomic E-state index is -0.756. The average Bonchev–Trinajstić information content (AvgIpc) is 4.03. The molecule has 0 saturated heterocycles. The number of aryl methyl sites for hydroxylation is 5. The Morgan fingerprint density at radius 3 is 1.87 bits per heavy atom. The van der Waals surface area contributed by atoms with Gasteiger partial charge in [-0.15, -0.1) is 0 Å². The number of nitrogens with two attached hydrogens (primary N) is 2. The fourth-order valence-corrected chi connectivity index (χ4v) is 7.06. The number of anilines is 2. The number of fused-ring (bicyclic) bond motifs is 4. The summed E-state index contributed by atoms with van der Waals surface area (Å²) < 4.78 is 44.5. The first-order valence-electron chi connectivity index (χ1n) is 19.1. The minimum Gasteiger partial charge on any atom is -0.491 e. The molecule has 7 rings (SSSR count). The normalized spacial score (nSPS) is 11.7. The van der Waals surface area contributed by atoms with Gasteiger partial charge in [-0.3, -0.25) is 39.2 Å². The summed E-state index contributed by atoms with van der Waals surface area (Å²) in [6.07, 6.45) is 3.79. The van der Waals surface area contributed by atoms with Crippen LogP contribution < -0.4 is 26.8 Å². The number of furan rings is 1. The summed E-state index contributed by atoms with van der Waals surface area (Å²) in [6.45, 7) is 3.31. The van der Waals surface area contributed by atoms with Crippen molar-refractivity contribution in [3.8, 4) is 5.75 Å². The van der Waals surface area contributed by atoms with Crippen molar-refractivity contribution in [3.63, 3.8) is 0 Å². The molecular formula is C40H42F2N12O7. The average molecular weight is 841 g/mol. The summed E-state index contributed by atoms with van der Waals surface area (Å²) >= 11 is 0. The van der Waals surface area contributed by atoms with Crippen LogP contribution in [-0.4, -0.2) is 94.0 Å². The molecule has 4 amide bonds. The van der Waals surface area contributed by atoms with Crippen LogP contribution in [0.1, 0.15) is 65.3 Å². The molecule has 5 heterocycles. The first-order chi connectivity index (χ1) is 29.3. The topological polar surface area (TPSA) is 258 Å². The molecule has 21 heteroatoms. The van der Waals surface area contributed by atoms with Crippen LogP contribution in [-0.2, 0) is 26.2 Å². The number of hydrogen-bond acceptors (Lipinski definition) is 11. The van der Waals surface area contributed by atoms with E-state index in [4.69, 9.17) is 20.6 Å². The van der Waals surface area contributed by atoms with Gasteiger partial charge < -0.3 is 34.9 Å². The molecule has 0 unspecified atom stereocenters. The van der Waals surface area contributed by atoms with Crippen molar-refractivity contribution >= 4 is 68.6 Å². The third kappa shape index (κ3) is 8.40. The Hall–Kier alpha value is -7.42. The van der Waals surface area contributed by atoms with Crippen molar-refractivity contribution in [3.05, 3.63) is 88.2 Å². The van der Waals surface area contributed by atoms with Crippen LogP contribution in [0.15, 0.2) is 53.0 Å². The molecule has 7 aromatic rings. The van der Waals surface area contributed by atoms with E-state index in [1.807, 2.05) is 0 Å². The number of ether oxygens (including phenoxy) is 1. The summed E-state index contributed by atoms with van der Waals surface area (Å²) in [5.41, 5.74) is 14.4. The van der Waals surface area contributed by atoms with E-state index in [0.29, 0.717) is 39.1 Å².